The summed E-state index contributed by atoms with van der Waals surface area (Å²) in [6.07, 6.45) is -0.458. The summed E-state index contributed by atoms with van der Waals surface area (Å²) in [6, 6.07) is 13.2. The molecule has 0 saturated carbocycles. The molecular weight excluding hydrogens is 468 g/mol. The predicted octanol–water partition coefficient (Wildman–Crippen LogP) is -0.167. The van der Waals surface area contributed by atoms with E-state index < -0.39 is 60.2 Å². The van der Waals surface area contributed by atoms with Crippen LogP contribution in [-0.4, -0.2) is 64.0 Å². The average Bonchev–Trinajstić information content (AvgIpc) is 2.83. The van der Waals surface area contributed by atoms with Crippen LogP contribution in [0.5, 0.6) is 0 Å². The second-order valence-corrected chi connectivity index (χ2v) is 8.27. The number of nitrogens with two attached hydrogens (primary N) is 1. The molecule has 0 spiro atoms. The Morgan fingerprint density at radius 3 is 1.72 bits per heavy atom. The summed E-state index contributed by atoms with van der Waals surface area (Å²) >= 11 is 0. The van der Waals surface area contributed by atoms with Gasteiger partial charge in [0.15, 0.2) is 0 Å². The lowest BCUT2D eigenvalue weighted by atomic mass is 10.0. The number of carbonyl (C=O) groups is 5. The summed E-state index contributed by atoms with van der Waals surface area (Å²) in [7, 11) is 0. The van der Waals surface area contributed by atoms with Crippen LogP contribution in [-0.2, 0) is 36.8 Å². The van der Waals surface area contributed by atoms with Gasteiger partial charge in [-0.3, -0.25) is 19.2 Å². The Hall–Kier alpha value is -4.25. The van der Waals surface area contributed by atoms with Gasteiger partial charge in [-0.15, -0.1) is 0 Å². The van der Waals surface area contributed by atoms with Gasteiger partial charge in [-0.2, -0.15) is 0 Å². The Morgan fingerprint density at radius 2 is 1.22 bits per heavy atom. The molecule has 0 aliphatic rings. The number of nitrogens with one attached hydrogen (secondary N) is 3. The first-order chi connectivity index (χ1) is 17.1. The van der Waals surface area contributed by atoms with Crippen LogP contribution in [0.15, 0.2) is 60.7 Å². The van der Waals surface area contributed by atoms with Gasteiger partial charge in [0.2, 0.25) is 17.7 Å². The third kappa shape index (κ3) is 9.18. The highest BCUT2D eigenvalue weighted by atomic mass is 16.4. The Bertz CT molecular complexity index is 1060. The highest BCUT2D eigenvalue weighted by molar-refractivity contribution is 5.94. The van der Waals surface area contributed by atoms with Crippen molar-refractivity contribution >= 4 is 29.7 Å². The fourth-order valence-corrected chi connectivity index (χ4v) is 3.35. The van der Waals surface area contributed by atoms with E-state index in [1.165, 1.54) is 6.92 Å². The predicted molar refractivity (Wildman–Crippen MR) is 130 cm³/mol. The maximum atomic E-state index is 13.0. The molecule has 0 aliphatic carbocycles. The molecule has 0 aromatic heterocycles. The number of rotatable bonds is 13. The molecule has 0 fully saturated rings. The van der Waals surface area contributed by atoms with Gasteiger partial charge in [0.25, 0.3) is 0 Å². The quantitative estimate of drug-likeness (QED) is 0.219. The number of carboxylic acid groups (broad SMARTS) is 2. The van der Waals surface area contributed by atoms with Crippen molar-refractivity contribution in [3.8, 4) is 0 Å². The van der Waals surface area contributed by atoms with Crippen LogP contribution >= 0.6 is 0 Å². The summed E-state index contributed by atoms with van der Waals surface area (Å²) in [4.78, 5) is 60.3. The Labute approximate surface area is 208 Å². The van der Waals surface area contributed by atoms with Crippen LogP contribution in [0.1, 0.15) is 24.5 Å². The van der Waals surface area contributed by atoms with Crippen LogP contribution in [0.2, 0.25) is 0 Å². The third-order valence-electron chi connectivity index (χ3n) is 5.30. The number of carboxylic acids is 2. The standard InChI is InChI=1S/C25H30N4O7/c1-15(22(32)29-20(25(35)36)14-21(30)31)27-24(34)19(13-17-10-6-3-7-11-17)28-23(33)18(26)12-16-8-4-2-5-9-16/h2-11,15,18-20H,12-14,26H2,1H3,(H,27,34)(H,28,33)(H,29,32)(H,30,31)(H,35,36). The van der Waals surface area contributed by atoms with E-state index in [-0.39, 0.29) is 12.8 Å². The SMILES string of the molecule is CC(NC(=O)C(Cc1ccccc1)NC(=O)C(N)Cc1ccccc1)C(=O)NC(CC(=O)O)C(=O)O. The lowest BCUT2D eigenvalue weighted by Gasteiger charge is -2.23. The number of amides is 3. The molecule has 3 amide bonds. The summed E-state index contributed by atoms with van der Waals surface area (Å²) in [5.41, 5.74) is 7.65. The van der Waals surface area contributed by atoms with Gasteiger partial charge in [-0.1, -0.05) is 60.7 Å². The number of hydrogen-bond acceptors (Lipinski definition) is 6. The van der Waals surface area contributed by atoms with E-state index in [9.17, 15) is 24.0 Å². The molecule has 2 aromatic rings. The zero-order chi connectivity index (χ0) is 26.7. The van der Waals surface area contributed by atoms with Crippen LogP contribution < -0.4 is 21.7 Å². The first-order valence-corrected chi connectivity index (χ1v) is 11.3. The topological polar surface area (TPSA) is 188 Å². The van der Waals surface area contributed by atoms with Crippen LogP contribution in [0.3, 0.4) is 0 Å². The molecule has 11 nitrogen and oxygen atoms in total. The molecule has 7 N–H and O–H groups in total. The zero-order valence-electron chi connectivity index (χ0n) is 19.7. The van der Waals surface area contributed by atoms with Crippen LogP contribution in [0, 0.1) is 0 Å². The van der Waals surface area contributed by atoms with Crippen molar-refractivity contribution in [1.29, 1.82) is 0 Å². The fourth-order valence-electron chi connectivity index (χ4n) is 3.35. The molecule has 192 valence electrons. The Kier molecular flexibility index (Phi) is 10.6. The molecule has 0 radical (unpaired) electrons. The van der Waals surface area contributed by atoms with Gasteiger partial charge >= 0.3 is 11.9 Å². The monoisotopic (exact) mass is 498 g/mol. The molecule has 11 heteroatoms. The van der Waals surface area contributed by atoms with Gasteiger partial charge in [0.05, 0.1) is 12.5 Å². The molecule has 0 saturated heterocycles. The Morgan fingerprint density at radius 1 is 0.722 bits per heavy atom. The molecule has 2 rings (SSSR count). The average molecular weight is 499 g/mol. The van der Waals surface area contributed by atoms with E-state index in [0.717, 1.165) is 11.1 Å². The van der Waals surface area contributed by atoms with E-state index >= 15 is 0 Å². The van der Waals surface area contributed by atoms with E-state index in [4.69, 9.17) is 15.9 Å². The molecule has 4 unspecified atom stereocenters. The van der Waals surface area contributed by atoms with Crippen molar-refractivity contribution in [2.24, 2.45) is 5.73 Å². The number of aliphatic carboxylic acids is 2. The smallest absolute Gasteiger partial charge is 0.326 e. The van der Waals surface area contributed by atoms with Crippen molar-refractivity contribution in [1.82, 2.24) is 16.0 Å². The number of hydrogen-bond donors (Lipinski definition) is 6. The molecule has 0 aliphatic heterocycles. The first-order valence-electron chi connectivity index (χ1n) is 11.3. The van der Waals surface area contributed by atoms with Gasteiger partial charge in [-0.25, -0.2) is 4.79 Å². The highest BCUT2D eigenvalue weighted by Gasteiger charge is 2.29. The first kappa shape index (κ1) is 28.0. The van der Waals surface area contributed by atoms with Gasteiger partial charge in [0.1, 0.15) is 18.1 Å². The normalized spacial score (nSPS) is 13.9. The van der Waals surface area contributed by atoms with Crippen molar-refractivity contribution in [2.45, 2.75) is 50.4 Å². The van der Waals surface area contributed by atoms with E-state index in [1.54, 1.807) is 30.3 Å². The Balaban J connectivity index is 2.08. The van der Waals surface area contributed by atoms with E-state index in [0.29, 0.717) is 0 Å². The minimum absolute atomic E-state index is 0.113. The van der Waals surface area contributed by atoms with Crippen LogP contribution in [0.4, 0.5) is 0 Å². The van der Waals surface area contributed by atoms with E-state index in [1.807, 2.05) is 30.3 Å². The molecule has 2 aromatic carbocycles. The summed E-state index contributed by atoms with van der Waals surface area (Å²) < 4.78 is 0. The minimum atomic E-state index is -1.66. The van der Waals surface area contributed by atoms with Crippen molar-refractivity contribution in [3.05, 3.63) is 71.8 Å². The molecule has 0 bridgehead atoms. The largest absolute Gasteiger partial charge is 0.481 e. The van der Waals surface area contributed by atoms with Crippen molar-refractivity contribution in [2.75, 3.05) is 0 Å². The fraction of sp³-hybridized carbons (Fsp3) is 0.320. The highest BCUT2D eigenvalue weighted by Crippen LogP contribution is 2.06. The summed E-state index contributed by atoms with van der Waals surface area (Å²) in [6.45, 7) is 1.31. The molecule has 4 atom stereocenters. The maximum Gasteiger partial charge on any atom is 0.326 e. The molecule has 0 heterocycles. The van der Waals surface area contributed by atoms with Crippen molar-refractivity contribution in [3.63, 3.8) is 0 Å². The lowest BCUT2D eigenvalue weighted by Crippen LogP contribution is -2.57. The van der Waals surface area contributed by atoms with Gasteiger partial charge < -0.3 is 31.9 Å². The molecule has 36 heavy (non-hydrogen) atoms. The third-order valence-corrected chi connectivity index (χ3v) is 5.30. The number of carbonyl (C=O) groups excluding carboxylic acids is 3. The number of benzene rings is 2. The van der Waals surface area contributed by atoms with Gasteiger partial charge in [-0.05, 0) is 24.5 Å². The minimum Gasteiger partial charge on any atom is -0.481 e. The molecular formula is C25H30N4O7. The van der Waals surface area contributed by atoms with Crippen molar-refractivity contribution < 1.29 is 34.2 Å². The lowest BCUT2D eigenvalue weighted by molar-refractivity contribution is -0.147. The summed E-state index contributed by atoms with van der Waals surface area (Å²) in [5.74, 6) is -5.06. The summed E-state index contributed by atoms with van der Waals surface area (Å²) in [5, 5.41) is 25.1. The second-order valence-electron chi connectivity index (χ2n) is 8.27. The van der Waals surface area contributed by atoms with E-state index in [2.05, 4.69) is 16.0 Å². The maximum absolute atomic E-state index is 13.0. The zero-order valence-corrected chi connectivity index (χ0v) is 19.7. The van der Waals surface area contributed by atoms with Gasteiger partial charge in [0, 0.05) is 6.42 Å². The second kappa shape index (κ2) is 13.6. The van der Waals surface area contributed by atoms with Crippen LogP contribution in [0.25, 0.3) is 0 Å².